The van der Waals surface area contributed by atoms with Crippen LogP contribution in [-0.2, 0) is 12.8 Å². The van der Waals surface area contributed by atoms with Crippen LogP contribution in [0, 0.1) is 0 Å². The van der Waals surface area contributed by atoms with Crippen LogP contribution in [0.15, 0.2) is 70.3 Å². The Morgan fingerprint density at radius 3 is 2.58 bits per heavy atom. The van der Waals surface area contributed by atoms with Gasteiger partial charge in [0.1, 0.15) is 11.4 Å². The van der Waals surface area contributed by atoms with Gasteiger partial charge in [-0.2, -0.15) is 5.10 Å². The van der Waals surface area contributed by atoms with Crippen molar-refractivity contribution in [2.24, 2.45) is 5.10 Å². The third-order valence-electron chi connectivity index (χ3n) is 5.73. The molecule has 2 N–H and O–H groups in total. The molecule has 5 rings (SSSR count). The Morgan fingerprint density at radius 1 is 1.05 bits per heavy atom. The highest BCUT2D eigenvalue weighted by atomic mass is 35.5. The van der Waals surface area contributed by atoms with Crippen LogP contribution in [-0.4, -0.2) is 22.8 Å². The van der Waals surface area contributed by atoms with Gasteiger partial charge in [-0.05, 0) is 84.7 Å². The first-order valence-electron chi connectivity index (χ1n) is 11.2. The minimum Gasteiger partial charge on any atom is -0.406 e. The lowest BCUT2D eigenvalue weighted by Crippen LogP contribution is -2.24. The molecule has 0 amide bonds. The van der Waals surface area contributed by atoms with Gasteiger partial charge in [-0.25, -0.2) is 0 Å². The third kappa shape index (κ3) is 5.93. The lowest BCUT2D eigenvalue weighted by atomic mass is 9.87. The summed E-state index contributed by atoms with van der Waals surface area (Å²) in [6, 6.07) is 16.4. The first-order valence-corrected chi connectivity index (χ1v) is 12.4. The molecule has 3 aromatic carbocycles. The summed E-state index contributed by atoms with van der Waals surface area (Å²) >= 11 is 17.3. The van der Waals surface area contributed by atoms with Crippen LogP contribution < -0.4 is 15.5 Å². The van der Waals surface area contributed by atoms with Crippen LogP contribution in [0.3, 0.4) is 0 Å². The van der Waals surface area contributed by atoms with Gasteiger partial charge < -0.3 is 14.6 Å². The highest BCUT2D eigenvalue weighted by molar-refractivity contribution is 7.80. The van der Waals surface area contributed by atoms with Gasteiger partial charge in [0.2, 0.25) is 0 Å². The molecule has 4 aromatic rings. The van der Waals surface area contributed by atoms with Crippen molar-refractivity contribution in [3.8, 4) is 28.3 Å². The summed E-state index contributed by atoms with van der Waals surface area (Å²) in [4.78, 5) is 0. The smallest absolute Gasteiger partial charge is 0.406 e. The molecule has 0 aliphatic heterocycles. The van der Waals surface area contributed by atoms with Crippen molar-refractivity contribution in [3.63, 3.8) is 0 Å². The van der Waals surface area contributed by atoms with Crippen molar-refractivity contribution in [3.05, 3.63) is 87.4 Å². The fourth-order valence-corrected chi connectivity index (χ4v) is 4.70. The van der Waals surface area contributed by atoms with E-state index < -0.39 is 6.36 Å². The van der Waals surface area contributed by atoms with Gasteiger partial charge in [-0.3, -0.25) is 5.43 Å². The van der Waals surface area contributed by atoms with Crippen LogP contribution in [0.25, 0.3) is 22.6 Å². The Balaban J connectivity index is 1.27. The third-order valence-corrected chi connectivity index (χ3v) is 6.47. The van der Waals surface area contributed by atoms with Crippen LogP contribution in [0.5, 0.6) is 5.75 Å². The summed E-state index contributed by atoms with van der Waals surface area (Å²) < 4.78 is 46.9. The minimum atomic E-state index is -4.75. The molecule has 1 heterocycles. The topological polar surface area (TPSA) is 71.7 Å². The molecule has 1 aromatic heterocycles. The number of anilines is 1. The maximum Gasteiger partial charge on any atom is 0.573 e. The molecule has 194 valence electrons. The van der Waals surface area contributed by atoms with E-state index in [2.05, 4.69) is 25.7 Å². The molecule has 0 radical (unpaired) electrons. The first-order chi connectivity index (χ1) is 18.2. The van der Waals surface area contributed by atoms with E-state index in [0.717, 1.165) is 28.7 Å². The fraction of sp³-hybridized carbons (Fsp3) is 0.115. The summed E-state index contributed by atoms with van der Waals surface area (Å²) in [5.41, 5.74) is 8.45. The number of nitrogens with zero attached hydrogens (tertiary/aromatic N) is 2. The lowest BCUT2D eigenvalue weighted by Gasteiger charge is -2.16. The number of fused-ring (bicyclic) bond motifs is 3. The molecule has 1 aliphatic carbocycles. The number of hydrogen-bond donors (Lipinski definition) is 2. The van der Waals surface area contributed by atoms with Crippen molar-refractivity contribution >= 4 is 52.4 Å². The van der Waals surface area contributed by atoms with Crippen LogP contribution >= 0.6 is 35.4 Å². The summed E-state index contributed by atoms with van der Waals surface area (Å²) in [7, 11) is 0. The molecule has 0 fully saturated rings. The van der Waals surface area contributed by atoms with Crippen molar-refractivity contribution in [2.75, 3.05) is 5.32 Å². The minimum absolute atomic E-state index is 0.265. The summed E-state index contributed by atoms with van der Waals surface area (Å²) in [5.74, 6) is 0.231. The SMILES string of the molecule is FC(F)(F)Oc1ccc(-c2onc3c2CCc2cc(/C=N/NC(=S)Nc4ccc(Cl)cc4Cl)ccc2-3)cc1. The maximum absolute atomic E-state index is 12.4. The van der Waals surface area contributed by atoms with E-state index in [1.54, 1.807) is 24.4 Å². The second-order valence-electron chi connectivity index (χ2n) is 8.28. The molecular weight excluding hydrogens is 560 g/mol. The van der Waals surface area contributed by atoms with Crippen LogP contribution in [0.1, 0.15) is 16.7 Å². The van der Waals surface area contributed by atoms with E-state index in [1.807, 2.05) is 18.2 Å². The molecule has 0 spiro atoms. The summed E-state index contributed by atoms with van der Waals surface area (Å²) in [5, 5.41) is 12.6. The van der Waals surface area contributed by atoms with E-state index in [1.165, 1.54) is 24.3 Å². The summed E-state index contributed by atoms with van der Waals surface area (Å²) in [6.07, 6.45) is -1.70. The number of rotatable bonds is 5. The Bertz CT molecular complexity index is 1540. The average Bonchev–Trinajstić information content (AvgIpc) is 3.30. The van der Waals surface area contributed by atoms with Gasteiger partial charge in [-0.1, -0.05) is 40.5 Å². The number of hydrogen-bond acceptors (Lipinski definition) is 5. The van der Waals surface area contributed by atoms with E-state index in [9.17, 15) is 13.2 Å². The second kappa shape index (κ2) is 10.6. The van der Waals surface area contributed by atoms with Gasteiger partial charge in [0.25, 0.3) is 0 Å². The van der Waals surface area contributed by atoms with E-state index in [4.69, 9.17) is 39.9 Å². The van der Waals surface area contributed by atoms with Crippen molar-refractivity contribution in [1.82, 2.24) is 10.6 Å². The number of benzene rings is 3. The molecule has 0 saturated carbocycles. The van der Waals surface area contributed by atoms with E-state index in [-0.39, 0.29) is 10.9 Å². The largest absolute Gasteiger partial charge is 0.573 e. The molecule has 0 atom stereocenters. The predicted molar refractivity (Wildman–Crippen MR) is 145 cm³/mol. The van der Waals surface area contributed by atoms with Gasteiger partial charge in [0, 0.05) is 21.7 Å². The predicted octanol–water partition coefficient (Wildman–Crippen LogP) is 7.63. The van der Waals surface area contributed by atoms with Crippen LogP contribution in [0.2, 0.25) is 10.0 Å². The van der Waals surface area contributed by atoms with Crippen LogP contribution in [0.4, 0.5) is 18.9 Å². The number of ether oxygens (including phenoxy) is 1. The zero-order valence-electron chi connectivity index (χ0n) is 19.3. The molecular formula is C26H17Cl2F3N4O2S. The van der Waals surface area contributed by atoms with Crippen molar-refractivity contribution in [2.45, 2.75) is 19.2 Å². The number of thiocarbonyl (C=S) groups is 1. The highest BCUT2D eigenvalue weighted by Gasteiger charge is 2.31. The summed E-state index contributed by atoms with van der Waals surface area (Å²) in [6.45, 7) is 0. The van der Waals surface area contributed by atoms with Gasteiger partial charge in [0.15, 0.2) is 10.9 Å². The molecule has 0 unspecified atom stereocenters. The second-order valence-corrected chi connectivity index (χ2v) is 9.53. The normalized spacial score (nSPS) is 12.7. The number of nitrogens with one attached hydrogen (secondary N) is 2. The first kappa shape index (κ1) is 26.0. The standard InChI is InChI=1S/C26H17Cl2F3N4O2S/c27-17-5-10-22(21(28)12-17)33-25(38)34-32-13-14-1-8-19-16(11-14)4-9-20-23(19)35-37-24(20)15-2-6-18(7-3-15)36-26(29,30)31/h1-3,5-8,10-13H,4,9H2,(H2,33,34,38)/b32-13+. The molecule has 12 heteroatoms. The highest BCUT2D eigenvalue weighted by Crippen LogP contribution is 2.39. The molecule has 1 aliphatic rings. The number of alkyl halides is 3. The Hall–Kier alpha value is -3.60. The molecule has 6 nitrogen and oxygen atoms in total. The zero-order chi connectivity index (χ0) is 26.9. The van der Waals surface area contributed by atoms with Gasteiger partial charge in [0.05, 0.1) is 16.9 Å². The van der Waals surface area contributed by atoms with Crippen molar-refractivity contribution in [1.29, 1.82) is 0 Å². The van der Waals surface area contributed by atoms with E-state index >= 15 is 0 Å². The van der Waals surface area contributed by atoms with Gasteiger partial charge >= 0.3 is 6.36 Å². The quantitative estimate of drug-likeness (QED) is 0.144. The number of halogens is 5. The van der Waals surface area contributed by atoms with Crippen molar-refractivity contribution < 1.29 is 22.4 Å². The zero-order valence-corrected chi connectivity index (χ0v) is 21.6. The lowest BCUT2D eigenvalue weighted by molar-refractivity contribution is -0.274. The fourth-order valence-electron chi connectivity index (χ4n) is 4.09. The van der Waals surface area contributed by atoms with E-state index in [0.29, 0.717) is 39.2 Å². The maximum atomic E-state index is 12.4. The average molecular weight is 577 g/mol. The number of aromatic nitrogens is 1. The monoisotopic (exact) mass is 576 g/mol. The molecule has 0 bridgehead atoms. The Labute approximate surface area is 230 Å². The number of aryl methyl sites for hydroxylation is 1. The Kier molecular flexibility index (Phi) is 7.29. The molecule has 38 heavy (non-hydrogen) atoms. The number of hydrazone groups is 1. The molecule has 0 saturated heterocycles. The Morgan fingerprint density at radius 2 is 1.84 bits per heavy atom. The van der Waals surface area contributed by atoms with Gasteiger partial charge in [-0.15, -0.1) is 13.2 Å².